The molecule has 5 rings (SSSR count). The molecule has 1 fully saturated rings. The zero-order valence-electron chi connectivity index (χ0n) is 18.3. The fraction of sp³-hybridized carbons (Fsp3) is 0.292. The molecule has 2 amide bonds. The predicted molar refractivity (Wildman–Crippen MR) is 126 cm³/mol. The number of hydrogen-bond acceptors (Lipinski definition) is 7. The van der Waals surface area contributed by atoms with Gasteiger partial charge in [0.15, 0.2) is 16.6 Å². The fourth-order valence-electron chi connectivity index (χ4n) is 3.92. The monoisotopic (exact) mass is 482 g/mol. The lowest BCUT2D eigenvalue weighted by molar-refractivity contribution is 0.0731. The predicted octanol–water partition coefficient (Wildman–Crippen LogP) is 3.34. The first-order valence-corrected chi connectivity index (χ1v) is 11.8. The molecule has 1 aliphatic heterocycles. The molecule has 2 heterocycles. The van der Waals surface area contributed by atoms with Gasteiger partial charge >= 0.3 is 0 Å². The van der Waals surface area contributed by atoms with E-state index in [2.05, 4.69) is 10.3 Å². The van der Waals surface area contributed by atoms with E-state index in [-0.39, 0.29) is 35.2 Å². The molecule has 8 nitrogen and oxygen atoms in total. The molecule has 10 heteroatoms. The van der Waals surface area contributed by atoms with Crippen LogP contribution in [0.25, 0.3) is 10.4 Å². The average molecular weight is 483 g/mol. The number of halogens is 1. The SMILES string of the molecule is Nc1nc(C(=O)N(CCNC(=O)c2cccc3c2OCCO3)C2CC2)c(-c2cccc(F)c2)s1. The first-order chi connectivity index (χ1) is 16.5. The standard InChI is InChI=1S/C24H23FN4O4S/c25-15-4-1-3-14(13-15)21-19(28-24(26)34-21)23(31)29(16-7-8-16)10-9-27-22(30)17-5-2-6-18-20(17)33-12-11-32-18/h1-6,13,16H,7-12H2,(H2,26,28)(H,27,30). The van der Waals surface area contributed by atoms with Crippen LogP contribution in [0.2, 0.25) is 0 Å². The van der Waals surface area contributed by atoms with Crippen LogP contribution in [-0.2, 0) is 0 Å². The van der Waals surface area contributed by atoms with Gasteiger partial charge in [-0.3, -0.25) is 9.59 Å². The fourth-order valence-corrected chi connectivity index (χ4v) is 4.74. The van der Waals surface area contributed by atoms with Crippen molar-refractivity contribution in [2.24, 2.45) is 0 Å². The first kappa shape index (κ1) is 22.1. The van der Waals surface area contributed by atoms with Crippen LogP contribution in [0, 0.1) is 5.82 Å². The smallest absolute Gasteiger partial charge is 0.274 e. The zero-order chi connectivity index (χ0) is 23.7. The molecule has 1 aromatic heterocycles. The molecule has 1 aliphatic carbocycles. The lowest BCUT2D eigenvalue weighted by atomic mass is 10.1. The number of fused-ring (bicyclic) bond motifs is 1. The van der Waals surface area contributed by atoms with Crippen molar-refractivity contribution in [1.29, 1.82) is 0 Å². The van der Waals surface area contributed by atoms with Gasteiger partial charge in [-0.1, -0.05) is 29.5 Å². The minimum absolute atomic E-state index is 0.0777. The van der Waals surface area contributed by atoms with E-state index in [4.69, 9.17) is 15.2 Å². The van der Waals surface area contributed by atoms with Crippen molar-refractivity contribution >= 4 is 28.3 Å². The Labute approximate surface area is 199 Å². The Morgan fingerprint density at radius 3 is 2.76 bits per heavy atom. The number of nitrogens with one attached hydrogen (secondary N) is 1. The molecule has 0 bridgehead atoms. The Morgan fingerprint density at radius 1 is 1.18 bits per heavy atom. The van der Waals surface area contributed by atoms with E-state index in [9.17, 15) is 14.0 Å². The number of benzene rings is 2. The Balaban J connectivity index is 1.30. The molecule has 34 heavy (non-hydrogen) atoms. The molecule has 2 aliphatic rings. The normalized spacial score (nSPS) is 14.5. The molecule has 3 aromatic rings. The number of nitrogens with two attached hydrogens (primary N) is 1. The van der Waals surface area contributed by atoms with E-state index >= 15 is 0 Å². The maximum atomic E-state index is 13.8. The number of anilines is 1. The maximum Gasteiger partial charge on any atom is 0.274 e. The summed E-state index contributed by atoms with van der Waals surface area (Å²) in [5.74, 6) is -0.0115. The number of nitrogens with zero attached hydrogens (tertiary/aromatic N) is 2. The summed E-state index contributed by atoms with van der Waals surface area (Å²) >= 11 is 1.15. The summed E-state index contributed by atoms with van der Waals surface area (Å²) in [5, 5.41) is 3.11. The van der Waals surface area contributed by atoms with Crippen molar-refractivity contribution in [3.63, 3.8) is 0 Å². The van der Waals surface area contributed by atoms with Gasteiger partial charge in [-0.05, 0) is 42.7 Å². The van der Waals surface area contributed by atoms with Gasteiger partial charge in [0, 0.05) is 19.1 Å². The van der Waals surface area contributed by atoms with Crippen LogP contribution in [0.5, 0.6) is 11.5 Å². The number of carbonyl (C=O) groups is 2. The third-order valence-corrected chi connectivity index (χ3v) is 6.56. The molecule has 0 unspecified atom stereocenters. The lowest BCUT2D eigenvalue weighted by Gasteiger charge is -2.23. The van der Waals surface area contributed by atoms with Gasteiger partial charge in [-0.25, -0.2) is 9.37 Å². The third kappa shape index (κ3) is 4.54. The van der Waals surface area contributed by atoms with Crippen molar-refractivity contribution in [2.75, 3.05) is 32.0 Å². The highest BCUT2D eigenvalue weighted by Gasteiger charge is 2.35. The number of carbonyl (C=O) groups excluding carboxylic acids is 2. The summed E-state index contributed by atoms with van der Waals surface area (Å²) in [6.45, 7) is 1.38. The van der Waals surface area contributed by atoms with Gasteiger partial charge in [-0.2, -0.15) is 0 Å². The second-order valence-electron chi connectivity index (χ2n) is 8.06. The van der Waals surface area contributed by atoms with Crippen LogP contribution in [0.15, 0.2) is 42.5 Å². The van der Waals surface area contributed by atoms with E-state index in [1.165, 1.54) is 12.1 Å². The van der Waals surface area contributed by atoms with Gasteiger partial charge in [-0.15, -0.1) is 0 Å². The van der Waals surface area contributed by atoms with Crippen molar-refractivity contribution in [1.82, 2.24) is 15.2 Å². The van der Waals surface area contributed by atoms with Gasteiger partial charge in [0.25, 0.3) is 11.8 Å². The largest absolute Gasteiger partial charge is 0.486 e. The van der Waals surface area contributed by atoms with Crippen LogP contribution >= 0.6 is 11.3 Å². The lowest BCUT2D eigenvalue weighted by Crippen LogP contribution is -2.40. The second kappa shape index (κ2) is 9.30. The number of rotatable bonds is 7. The van der Waals surface area contributed by atoms with Crippen LogP contribution < -0.4 is 20.5 Å². The number of nitrogen functional groups attached to an aromatic ring is 1. The van der Waals surface area contributed by atoms with Crippen molar-refractivity contribution in [3.05, 3.63) is 59.5 Å². The van der Waals surface area contributed by atoms with E-state index in [0.717, 1.165) is 24.2 Å². The summed E-state index contributed by atoms with van der Waals surface area (Å²) in [6, 6.07) is 11.3. The minimum Gasteiger partial charge on any atom is -0.486 e. The quantitative estimate of drug-likeness (QED) is 0.535. The van der Waals surface area contributed by atoms with Crippen LogP contribution in [0.3, 0.4) is 0 Å². The Bertz CT molecular complexity index is 1240. The Morgan fingerprint density at radius 2 is 1.97 bits per heavy atom. The number of para-hydroxylation sites is 1. The third-order valence-electron chi connectivity index (χ3n) is 5.63. The van der Waals surface area contributed by atoms with Gasteiger partial charge < -0.3 is 25.4 Å². The minimum atomic E-state index is -0.401. The van der Waals surface area contributed by atoms with Crippen molar-refractivity contribution < 1.29 is 23.5 Å². The summed E-state index contributed by atoms with van der Waals surface area (Å²) < 4.78 is 24.9. The molecule has 1 saturated carbocycles. The number of hydrogen-bond donors (Lipinski definition) is 2. The second-order valence-corrected chi connectivity index (χ2v) is 9.09. The molecular formula is C24H23FN4O4S. The van der Waals surface area contributed by atoms with Crippen LogP contribution in [-0.4, -0.2) is 54.0 Å². The first-order valence-electron chi connectivity index (χ1n) is 11.0. The molecule has 0 radical (unpaired) electrons. The van der Waals surface area contributed by atoms with Gasteiger partial charge in [0.2, 0.25) is 0 Å². The number of thiazole rings is 1. The highest BCUT2D eigenvalue weighted by Crippen LogP contribution is 2.36. The number of amides is 2. The van der Waals surface area contributed by atoms with Gasteiger partial charge in [0.1, 0.15) is 24.7 Å². The zero-order valence-corrected chi connectivity index (χ0v) is 19.1. The molecule has 0 atom stereocenters. The van der Waals surface area contributed by atoms with E-state index in [1.807, 2.05) is 0 Å². The molecule has 0 saturated heterocycles. The van der Waals surface area contributed by atoms with Crippen LogP contribution in [0.4, 0.5) is 9.52 Å². The van der Waals surface area contributed by atoms with E-state index < -0.39 is 5.82 Å². The van der Waals surface area contributed by atoms with Gasteiger partial charge in [0.05, 0.1) is 10.4 Å². The van der Waals surface area contributed by atoms with Crippen molar-refractivity contribution in [2.45, 2.75) is 18.9 Å². The summed E-state index contributed by atoms with van der Waals surface area (Å²) in [6.07, 6.45) is 1.76. The highest BCUT2D eigenvalue weighted by atomic mass is 32.1. The summed E-state index contributed by atoms with van der Waals surface area (Å²) in [7, 11) is 0. The van der Waals surface area contributed by atoms with E-state index in [1.54, 1.807) is 35.2 Å². The average Bonchev–Trinajstić information content (AvgIpc) is 3.61. The molecule has 176 valence electrons. The Hall–Kier alpha value is -3.66. The maximum absolute atomic E-state index is 13.8. The number of aromatic nitrogens is 1. The topological polar surface area (TPSA) is 107 Å². The molecule has 2 aromatic carbocycles. The Kier molecular flexibility index (Phi) is 6.06. The highest BCUT2D eigenvalue weighted by molar-refractivity contribution is 7.19. The van der Waals surface area contributed by atoms with Crippen molar-refractivity contribution in [3.8, 4) is 21.9 Å². The molecule has 0 spiro atoms. The molecular weight excluding hydrogens is 459 g/mol. The number of ether oxygens (including phenoxy) is 2. The molecule has 3 N–H and O–H groups in total. The summed E-state index contributed by atoms with van der Waals surface area (Å²) in [5.41, 5.74) is 7.06. The van der Waals surface area contributed by atoms with Crippen LogP contribution in [0.1, 0.15) is 33.7 Å². The summed E-state index contributed by atoms with van der Waals surface area (Å²) in [4.78, 5) is 32.7. The van der Waals surface area contributed by atoms with E-state index in [0.29, 0.717) is 47.3 Å².